The molecule has 1 heterocycles. The van der Waals surface area contributed by atoms with Gasteiger partial charge >= 0.3 is 5.97 Å². The number of hydrogen-bond acceptors (Lipinski definition) is 7. The SMILES string of the molecule is COc1cc([C@H]2COc3cc(OC)c4c(c3[C@H]2OC(C)=O)CCc2cc(O)ccc2-4)ccc1O. The second-order valence-electron chi connectivity index (χ2n) is 8.56. The molecule has 0 fully saturated rings. The molecule has 0 bridgehead atoms. The summed E-state index contributed by atoms with van der Waals surface area (Å²) in [6.45, 7) is 1.68. The number of ether oxygens (including phenoxy) is 4. The second kappa shape index (κ2) is 8.48. The molecule has 176 valence electrons. The lowest BCUT2D eigenvalue weighted by atomic mass is 9.77. The number of esters is 1. The quantitative estimate of drug-likeness (QED) is 0.545. The van der Waals surface area contributed by atoms with E-state index in [1.807, 2.05) is 12.1 Å². The molecule has 1 aliphatic heterocycles. The van der Waals surface area contributed by atoms with Gasteiger partial charge in [0.25, 0.3) is 0 Å². The minimum atomic E-state index is -0.589. The molecule has 2 aliphatic rings. The Morgan fingerprint density at radius 3 is 2.53 bits per heavy atom. The van der Waals surface area contributed by atoms with Crippen LogP contribution in [0.4, 0.5) is 0 Å². The number of hydrogen-bond donors (Lipinski definition) is 2. The number of phenols is 2. The molecule has 0 amide bonds. The lowest BCUT2D eigenvalue weighted by Crippen LogP contribution is -2.29. The van der Waals surface area contributed by atoms with E-state index in [4.69, 9.17) is 18.9 Å². The summed E-state index contributed by atoms with van der Waals surface area (Å²) in [5.74, 6) is 1.22. The number of aryl methyl sites for hydroxylation is 1. The fourth-order valence-electron chi connectivity index (χ4n) is 5.12. The number of phenolic OH excluding ortho intramolecular Hbond substituents is 2. The zero-order valence-corrected chi connectivity index (χ0v) is 19.3. The molecule has 0 spiro atoms. The van der Waals surface area contributed by atoms with E-state index in [9.17, 15) is 15.0 Å². The lowest BCUT2D eigenvalue weighted by Gasteiger charge is -2.37. The predicted molar refractivity (Wildman–Crippen MR) is 125 cm³/mol. The molecular weight excluding hydrogens is 436 g/mol. The summed E-state index contributed by atoms with van der Waals surface area (Å²) < 4.78 is 23.2. The Bertz CT molecular complexity index is 1280. The first-order chi connectivity index (χ1) is 16.4. The molecule has 3 aromatic carbocycles. The number of carbonyl (C=O) groups is 1. The van der Waals surface area contributed by atoms with Crippen molar-refractivity contribution in [1.82, 2.24) is 0 Å². The van der Waals surface area contributed by atoms with Crippen LogP contribution in [-0.2, 0) is 22.4 Å². The summed E-state index contributed by atoms with van der Waals surface area (Å²) in [5.41, 5.74) is 5.60. The third-order valence-electron chi connectivity index (χ3n) is 6.62. The van der Waals surface area contributed by atoms with Gasteiger partial charge in [-0.05, 0) is 59.4 Å². The van der Waals surface area contributed by atoms with Crippen LogP contribution < -0.4 is 14.2 Å². The summed E-state index contributed by atoms with van der Waals surface area (Å²) in [6.07, 6.45) is 0.813. The van der Waals surface area contributed by atoms with E-state index < -0.39 is 6.10 Å². The maximum atomic E-state index is 12.2. The lowest BCUT2D eigenvalue weighted by molar-refractivity contribution is -0.149. The third-order valence-corrected chi connectivity index (χ3v) is 6.62. The van der Waals surface area contributed by atoms with E-state index in [-0.39, 0.29) is 30.0 Å². The van der Waals surface area contributed by atoms with E-state index in [0.717, 1.165) is 39.8 Å². The molecule has 5 rings (SSSR count). The van der Waals surface area contributed by atoms with E-state index in [1.165, 1.54) is 14.0 Å². The van der Waals surface area contributed by atoms with Crippen molar-refractivity contribution in [2.75, 3.05) is 20.8 Å². The Morgan fingerprint density at radius 2 is 1.79 bits per heavy atom. The van der Waals surface area contributed by atoms with Gasteiger partial charge in [-0.2, -0.15) is 0 Å². The van der Waals surface area contributed by atoms with Crippen LogP contribution in [0.25, 0.3) is 11.1 Å². The largest absolute Gasteiger partial charge is 0.508 e. The Hall–Kier alpha value is -3.87. The summed E-state index contributed by atoms with van der Waals surface area (Å²) >= 11 is 0. The van der Waals surface area contributed by atoms with Crippen molar-refractivity contribution < 1.29 is 34.0 Å². The van der Waals surface area contributed by atoms with E-state index in [2.05, 4.69) is 0 Å². The fourth-order valence-corrected chi connectivity index (χ4v) is 5.12. The van der Waals surface area contributed by atoms with Crippen LogP contribution in [-0.4, -0.2) is 37.0 Å². The normalized spacial score (nSPS) is 18.1. The fraction of sp³-hybridized carbons (Fsp3) is 0.296. The highest BCUT2D eigenvalue weighted by atomic mass is 16.6. The summed E-state index contributed by atoms with van der Waals surface area (Å²) in [4.78, 5) is 12.2. The third kappa shape index (κ3) is 3.57. The van der Waals surface area contributed by atoms with Crippen LogP contribution in [0.1, 0.15) is 41.2 Å². The second-order valence-corrected chi connectivity index (χ2v) is 8.56. The molecule has 2 N–H and O–H groups in total. The van der Waals surface area contributed by atoms with Crippen molar-refractivity contribution in [2.24, 2.45) is 0 Å². The average Bonchev–Trinajstić information content (AvgIpc) is 2.83. The van der Waals surface area contributed by atoms with Crippen LogP contribution in [0, 0.1) is 0 Å². The number of carbonyl (C=O) groups excluding carboxylic acids is 1. The van der Waals surface area contributed by atoms with Crippen LogP contribution in [0.3, 0.4) is 0 Å². The molecular formula is C27H26O7. The monoisotopic (exact) mass is 462 g/mol. The summed E-state index contributed by atoms with van der Waals surface area (Å²) in [6, 6.07) is 12.3. The van der Waals surface area contributed by atoms with E-state index >= 15 is 0 Å². The summed E-state index contributed by atoms with van der Waals surface area (Å²) in [5, 5.41) is 20.0. The molecule has 1 aliphatic carbocycles. The van der Waals surface area contributed by atoms with Crippen molar-refractivity contribution in [3.05, 3.63) is 64.7 Å². The molecule has 3 aromatic rings. The van der Waals surface area contributed by atoms with Gasteiger partial charge in [-0.1, -0.05) is 12.1 Å². The molecule has 0 unspecified atom stereocenters. The van der Waals surface area contributed by atoms with Gasteiger partial charge in [0.15, 0.2) is 11.5 Å². The van der Waals surface area contributed by atoms with Gasteiger partial charge in [-0.15, -0.1) is 0 Å². The highest BCUT2D eigenvalue weighted by molar-refractivity contribution is 5.82. The van der Waals surface area contributed by atoms with E-state index in [1.54, 1.807) is 37.4 Å². The number of fused-ring (bicyclic) bond motifs is 5. The maximum Gasteiger partial charge on any atom is 0.303 e. The molecule has 7 nitrogen and oxygen atoms in total. The highest BCUT2D eigenvalue weighted by Gasteiger charge is 2.39. The van der Waals surface area contributed by atoms with Gasteiger partial charge in [0.2, 0.25) is 0 Å². The molecule has 0 aromatic heterocycles. The smallest absolute Gasteiger partial charge is 0.303 e. The first-order valence-electron chi connectivity index (χ1n) is 11.1. The van der Waals surface area contributed by atoms with Crippen molar-refractivity contribution in [2.45, 2.75) is 31.8 Å². The molecule has 34 heavy (non-hydrogen) atoms. The standard InChI is InChI=1S/C27H26O7/c1-14(28)34-27-20(16-5-9-21(30)22(11-16)31-2)13-33-24-12-23(32-3)25-18-8-6-17(29)10-15(18)4-7-19(25)26(24)27/h5-6,8-12,20,27,29-30H,4,7,13H2,1-3H3/t20-,27+/m1/s1. The van der Waals surface area contributed by atoms with Gasteiger partial charge in [0, 0.05) is 24.1 Å². The van der Waals surface area contributed by atoms with Gasteiger partial charge in [-0.25, -0.2) is 0 Å². The zero-order valence-electron chi connectivity index (χ0n) is 19.3. The van der Waals surface area contributed by atoms with Crippen LogP contribution >= 0.6 is 0 Å². The first-order valence-corrected chi connectivity index (χ1v) is 11.1. The van der Waals surface area contributed by atoms with Gasteiger partial charge in [-0.3, -0.25) is 4.79 Å². The van der Waals surface area contributed by atoms with Crippen molar-refractivity contribution in [1.29, 1.82) is 0 Å². The topological polar surface area (TPSA) is 94.5 Å². The average molecular weight is 462 g/mol. The van der Waals surface area contributed by atoms with Crippen molar-refractivity contribution in [3.63, 3.8) is 0 Å². The summed E-state index contributed by atoms with van der Waals surface area (Å²) in [7, 11) is 3.11. The number of benzene rings is 3. The van der Waals surface area contributed by atoms with E-state index in [0.29, 0.717) is 23.7 Å². The number of methoxy groups -OCH3 is 2. The van der Waals surface area contributed by atoms with Gasteiger partial charge < -0.3 is 29.2 Å². The van der Waals surface area contributed by atoms with Crippen molar-refractivity contribution in [3.8, 4) is 39.9 Å². The Labute approximate surface area is 197 Å². The molecule has 0 radical (unpaired) electrons. The molecule has 7 heteroatoms. The van der Waals surface area contributed by atoms with Gasteiger partial charge in [0.05, 0.1) is 26.7 Å². The Morgan fingerprint density at radius 1 is 1.00 bits per heavy atom. The van der Waals surface area contributed by atoms with Crippen LogP contribution in [0.5, 0.6) is 28.7 Å². The predicted octanol–water partition coefficient (Wildman–Crippen LogP) is 4.66. The highest BCUT2D eigenvalue weighted by Crippen LogP contribution is 2.53. The van der Waals surface area contributed by atoms with Crippen molar-refractivity contribution >= 4 is 5.97 Å². The number of aromatic hydroxyl groups is 2. The van der Waals surface area contributed by atoms with Crippen LogP contribution in [0.15, 0.2) is 42.5 Å². The molecule has 0 saturated carbocycles. The first kappa shape index (κ1) is 21.9. The Kier molecular flexibility index (Phi) is 5.48. The molecule has 2 atom stereocenters. The maximum absolute atomic E-state index is 12.2. The minimum absolute atomic E-state index is 0.0365. The zero-order chi connectivity index (χ0) is 24.0. The Balaban J connectivity index is 1.71. The minimum Gasteiger partial charge on any atom is -0.508 e. The number of rotatable bonds is 4. The molecule has 0 saturated heterocycles. The van der Waals surface area contributed by atoms with Crippen LogP contribution in [0.2, 0.25) is 0 Å². The van der Waals surface area contributed by atoms with Gasteiger partial charge in [0.1, 0.15) is 23.4 Å².